The second-order valence-electron chi connectivity index (χ2n) is 3.36. The van der Waals surface area contributed by atoms with Crippen LogP contribution in [0.15, 0.2) is 21.1 Å². The van der Waals surface area contributed by atoms with E-state index in [1.165, 1.54) is 0 Å². The van der Waals surface area contributed by atoms with E-state index in [1.54, 1.807) is 0 Å². The maximum absolute atomic E-state index is 5.70. The second-order valence-corrected chi connectivity index (χ2v) is 5.07. The molecule has 0 spiro atoms. The van der Waals surface area contributed by atoms with E-state index in [9.17, 15) is 0 Å². The summed E-state index contributed by atoms with van der Waals surface area (Å²) < 4.78 is 13.4. The van der Waals surface area contributed by atoms with Crippen molar-refractivity contribution in [2.75, 3.05) is 0 Å². The lowest BCUT2D eigenvalue weighted by molar-refractivity contribution is 0.0428. The molecular weight excluding hydrogens is 312 g/mol. The lowest BCUT2D eigenvalue weighted by Gasteiger charge is -2.30. The van der Waals surface area contributed by atoms with Crippen molar-refractivity contribution in [1.82, 2.24) is 0 Å². The molecule has 2 rings (SSSR count). The van der Waals surface area contributed by atoms with Crippen molar-refractivity contribution < 1.29 is 9.47 Å². The number of ether oxygens (including phenoxy) is 2. The number of fused-ring (bicyclic) bond motifs is 1. The van der Waals surface area contributed by atoms with Crippen LogP contribution >= 0.6 is 31.9 Å². The maximum Gasteiger partial charge on any atom is 0.163 e. The van der Waals surface area contributed by atoms with Crippen molar-refractivity contribution in [2.24, 2.45) is 0 Å². The molecule has 0 saturated heterocycles. The molecule has 0 bridgehead atoms. The molecule has 4 heteroatoms. The van der Waals surface area contributed by atoms with Crippen LogP contribution in [0.25, 0.3) is 0 Å². The van der Waals surface area contributed by atoms with Gasteiger partial charge < -0.3 is 9.47 Å². The van der Waals surface area contributed by atoms with Gasteiger partial charge in [-0.2, -0.15) is 0 Å². The Hall–Kier alpha value is -0.220. The van der Waals surface area contributed by atoms with Gasteiger partial charge in [-0.1, -0.05) is 0 Å². The number of benzene rings is 1. The van der Waals surface area contributed by atoms with Crippen LogP contribution in [-0.4, -0.2) is 12.2 Å². The van der Waals surface area contributed by atoms with Gasteiger partial charge in [0.1, 0.15) is 12.2 Å². The molecule has 1 aliphatic heterocycles. The number of halogens is 2. The Labute approximate surface area is 99.8 Å². The minimum atomic E-state index is 0.0931. The average molecular weight is 322 g/mol. The van der Waals surface area contributed by atoms with Crippen LogP contribution in [0.2, 0.25) is 0 Å². The van der Waals surface area contributed by atoms with Crippen molar-refractivity contribution >= 4 is 31.9 Å². The zero-order valence-electron chi connectivity index (χ0n) is 7.88. The summed E-state index contributed by atoms with van der Waals surface area (Å²) >= 11 is 6.85. The Kier molecular flexibility index (Phi) is 2.75. The molecule has 2 atom stereocenters. The van der Waals surface area contributed by atoms with Crippen LogP contribution in [0.3, 0.4) is 0 Å². The monoisotopic (exact) mass is 320 g/mol. The van der Waals surface area contributed by atoms with Gasteiger partial charge in [0, 0.05) is 8.95 Å². The fourth-order valence-electron chi connectivity index (χ4n) is 1.29. The molecule has 1 heterocycles. The summed E-state index contributed by atoms with van der Waals surface area (Å²) in [6.07, 6.45) is 0.186. The van der Waals surface area contributed by atoms with Crippen LogP contribution in [0.5, 0.6) is 11.5 Å². The van der Waals surface area contributed by atoms with Crippen molar-refractivity contribution in [3.63, 3.8) is 0 Å². The van der Waals surface area contributed by atoms with Crippen molar-refractivity contribution in [1.29, 1.82) is 0 Å². The smallest absolute Gasteiger partial charge is 0.163 e. The number of hydrogen-bond acceptors (Lipinski definition) is 2. The fraction of sp³-hybridized carbons (Fsp3) is 0.400. The zero-order chi connectivity index (χ0) is 10.3. The number of hydrogen-bond donors (Lipinski definition) is 0. The third kappa shape index (κ3) is 1.77. The van der Waals surface area contributed by atoms with Gasteiger partial charge in [0.25, 0.3) is 0 Å². The highest BCUT2D eigenvalue weighted by Gasteiger charge is 2.25. The maximum atomic E-state index is 5.70. The molecule has 0 aromatic heterocycles. The van der Waals surface area contributed by atoms with Gasteiger partial charge >= 0.3 is 0 Å². The molecular formula is C10H10Br2O2. The lowest BCUT2D eigenvalue weighted by atomic mass is 10.2. The SMILES string of the molecule is C[C@@H]1Oc2cc(Br)c(Br)cc2O[C@@H]1C. The molecule has 0 radical (unpaired) electrons. The molecule has 0 fully saturated rings. The van der Waals surface area contributed by atoms with E-state index < -0.39 is 0 Å². The van der Waals surface area contributed by atoms with Crippen LogP contribution in [0.1, 0.15) is 13.8 Å². The third-order valence-corrected chi connectivity index (χ3v) is 4.12. The molecule has 76 valence electrons. The first-order chi connectivity index (χ1) is 6.58. The number of rotatable bonds is 0. The minimum absolute atomic E-state index is 0.0931. The molecule has 1 aromatic rings. The highest BCUT2D eigenvalue weighted by atomic mass is 79.9. The second kappa shape index (κ2) is 3.74. The summed E-state index contributed by atoms with van der Waals surface area (Å²) in [6, 6.07) is 3.84. The van der Waals surface area contributed by atoms with Gasteiger partial charge in [0.05, 0.1) is 0 Å². The third-order valence-electron chi connectivity index (χ3n) is 2.27. The fourth-order valence-corrected chi connectivity index (χ4v) is 1.93. The predicted octanol–water partition coefficient (Wildman–Crippen LogP) is 3.76. The van der Waals surface area contributed by atoms with E-state index in [1.807, 2.05) is 26.0 Å². The largest absolute Gasteiger partial charge is 0.483 e. The van der Waals surface area contributed by atoms with E-state index in [2.05, 4.69) is 31.9 Å². The standard InChI is InChI=1S/C10H10Br2O2/c1-5-6(2)14-10-4-8(12)7(11)3-9(10)13-5/h3-6H,1-2H3/t5-,6+. The van der Waals surface area contributed by atoms with Crippen LogP contribution in [0, 0.1) is 0 Å². The van der Waals surface area contributed by atoms with E-state index in [0.717, 1.165) is 20.4 Å². The first kappa shape index (κ1) is 10.3. The summed E-state index contributed by atoms with van der Waals surface area (Å²) in [5, 5.41) is 0. The van der Waals surface area contributed by atoms with Gasteiger partial charge in [0.2, 0.25) is 0 Å². The van der Waals surface area contributed by atoms with Crippen LogP contribution in [-0.2, 0) is 0 Å². The van der Waals surface area contributed by atoms with Gasteiger partial charge in [0.15, 0.2) is 11.5 Å². The predicted molar refractivity (Wildman–Crippen MR) is 62.0 cm³/mol. The van der Waals surface area contributed by atoms with Crippen molar-refractivity contribution in [2.45, 2.75) is 26.1 Å². The van der Waals surface area contributed by atoms with E-state index in [4.69, 9.17) is 9.47 Å². The molecule has 2 nitrogen and oxygen atoms in total. The average Bonchev–Trinajstić information content (AvgIpc) is 2.11. The molecule has 1 aromatic carbocycles. The summed E-state index contributed by atoms with van der Waals surface area (Å²) in [6.45, 7) is 4.01. The van der Waals surface area contributed by atoms with Gasteiger partial charge in [-0.3, -0.25) is 0 Å². The Bertz CT molecular complexity index is 330. The van der Waals surface area contributed by atoms with Gasteiger partial charge in [-0.25, -0.2) is 0 Å². The molecule has 1 aliphatic rings. The minimum Gasteiger partial charge on any atom is -0.483 e. The van der Waals surface area contributed by atoms with E-state index in [0.29, 0.717) is 0 Å². The van der Waals surface area contributed by atoms with Gasteiger partial charge in [-0.05, 0) is 57.8 Å². The quantitative estimate of drug-likeness (QED) is 0.724. The van der Waals surface area contributed by atoms with Crippen molar-refractivity contribution in [3.05, 3.63) is 21.1 Å². The summed E-state index contributed by atoms with van der Waals surface area (Å²) in [7, 11) is 0. The first-order valence-corrected chi connectivity index (χ1v) is 5.99. The first-order valence-electron chi connectivity index (χ1n) is 4.40. The molecule has 0 saturated carbocycles. The Morgan fingerprint density at radius 1 is 0.929 bits per heavy atom. The van der Waals surface area contributed by atoms with Gasteiger partial charge in [-0.15, -0.1) is 0 Å². The highest BCUT2D eigenvalue weighted by molar-refractivity contribution is 9.13. The Morgan fingerprint density at radius 3 is 1.64 bits per heavy atom. The molecule has 0 N–H and O–H groups in total. The Morgan fingerprint density at radius 2 is 1.29 bits per heavy atom. The highest BCUT2D eigenvalue weighted by Crippen LogP contribution is 2.40. The van der Waals surface area contributed by atoms with Crippen LogP contribution < -0.4 is 9.47 Å². The molecule has 0 unspecified atom stereocenters. The summed E-state index contributed by atoms with van der Waals surface area (Å²) in [4.78, 5) is 0. The van der Waals surface area contributed by atoms with E-state index >= 15 is 0 Å². The molecule has 0 amide bonds. The summed E-state index contributed by atoms with van der Waals surface area (Å²) in [5.41, 5.74) is 0. The molecule has 0 aliphatic carbocycles. The van der Waals surface area contributed by atoms with Crippen molar-refractivity contribution in [3.8, 4) is 11.5 Å². The molecule has 14 heavy (non-hydrogen) atoms. The zero-order valence-corrected chi connectivity index (χ0v) is 11.1. The lowest BCUT2D eigenvalue weighted by Crippen LogP contribution is -2.34. The topological polar surface area (TPSA) is 18.5 Å². The summed E-state index contributed by atoms with van der Waals surface area (Å²) in [5.74, 6) is 1.59. The Balaban J connectivity index is 2.42. The van der Waals surface area contributed by atoms with E-state index in [-0.39, 0.29) is 12.2 Å². The van der Waals surface area contributed by atoms with Crippen LogP contribution in [0.4, 0.5) is 0 Å². The normalized spacial score (nSPS) is 24.9.